The Labute approximate surface area is 99.1 Å². The van der Waals surface area contributed by atoms with E-state index in [2.05, 4.69) is 4.98 Å². The molecule has 0 fully saturated rings. The highest BCUT2D eigenvalue weighted by Crippen LogP contribution is 2.26. The van der Waals surface area contributed by atoms with Gasteiger partial charge in [0.05, 0.1) is 0 Å². The third kappa shape index (κ3) is 1.88. The molecule has 88 valence electrons. The topological polar surface area (TPSA) is 32.9 Å². The van der Waals surface area contributed by atoms with Gasteiger partial charge in [-0.1, -0.05) is 6.07 Å². The molecule has 2 nitrogen and oxygen atoms in total. The first kappa shape index (κ1) is 11.6. The zero-order valence-electron chi connectivity index (χ0n) is 10.1. The molecular formula is C14H14FNO. The van der Waals surface area contributed by atoms with Crippen molar-refractivity contribution in [3.05, 3.63) is 40.8 Å². The summed E-state index contributed by atoms with van der Waals surface area (Å²) in [7, 11) is 0. The molecule has 0 amide bonds. The smallest absolute Gasteiger partial charge is 0.178 e. The van der Waals surface area contributed by atoms with Crippen LogP contribution in [0.2, 0.25) is 0 Å². The van der Waals surface area contributed by atoms with Gasteiger partial charge < -0.3 is 4.98 Å². The van der Waals surface area contributed by atoms with Gasteiger partial charge in [0.1, 0.15) is 0 Å². The summed E-state index contributed by atoms with van der Waals surface area (Å²) in [5.41, 5.74) is 4.41. The van der Waals surface area contributed by atoms with Crippen LogP contribution in [0.1, 0.15) is 23.7 Å². The molecule has 0 radical (unpaired) electrons. The van der Waals surface area contributed by atoms with E-state index >= 15 is 0 Å². The molecule has 0 bridgehead atoms. The molecule has 1 N–H and O–H groups in total. The Morgan fingerprint density at radius 3 is 2.71 bits per heavy atom. The van der Waals surface area contributed by atoms with Crippen molar-refractivity contribution in [2.24, 2.45) is 0 Å². The van der Waals surface area contributed by atoms with Gasteiger partial charge in [0, 0.05) is 16.6 Å². The van der Waals surface area contributed by atoms with Crippen LogP contribution in [0, 0.1) is 13.8 Å². The standard InChI is InChI=1S/C14H14FNO/c1-8-10(3)16-14-5-4-11(6-12(8)14)9(2)13(15)7-17/h4-7,16H,1-3H3/b13-9+. The fourth-order valence-electron chi connectivity index (χ4n) is 1.92. The van der Waals surface area contributed by atoms with E-state index in [9.17, 15) is 9.18 Å². The number of nitrogens with one attached hydrogen (secondary N) is 1. The maximum atomic E-state index is 13.2. The summed E-state index contributed by atoms with van der Waals surface area (Å²) in [5, 5.41) is 1.07. The van der Waals surface area contributed by atoms with Crippen molar-refractivity contribution in [2.45, 2.75) is 20.8 Å². The van der Waals surface area contributed by atoms with E-state index < -0.39 is 5.83 Å². The van der Waals surface area contributed by atoms with Crippen molar-refractivity contribution in [1.82, 2.24) is 4.98 Å². The van der Waals surface area contributed by atoms with Gasteiger partial charge in [-0.05, 0) is 49.6 Å². The number of halogens is 1. The molecule has 2 rings (SSSR count). The molecule has 0 atom stereocenters. The number of allylic oxidation sites excluding steroid dienone is 2. The molecular weight excluding hydrogens is 217 g/mol. The van der Waals surface area contributed by atoms with Gasteiger partial charge in [0.25, 0.3) is 0 Å². The quantitative estimate of drug-likeness (QED) is 0.620. The summed E-state index contributed by atoms with van der Waals surface area (Å²) >= 11 is 0. The first-order chi connectivity index (χ1) is 8.04. The Hall–Kier alpha value is -1.90. The van der Waals surface area contributed by atoms with E-state index in [1.807, 2.05) is 32.0 Å². The number of benzene rings is 1. The number of hydrogen-bond donors (Lipinski definition) is 1. The minimum absolute atomic E-state index is 0.245. The summed E-state index contributed by atoms with van der Waals surface area (Å²) in [5.74, 6) is -0.714. The van der Waals surface area contributed by atoms with E-state index in [0.29, 0.717) is 5.57 Å². The lowest BCUT2D eigenvalue weighted by Gasteiger charge is -2.02. The largest absolute Gasteiger partial charge is 0.358 e. The number of carbonyl (C=O) groups excluding carboxylic acids is 1. The van der Waals surface area contributed by atoms with Crippen molar-refractivity contribution in [1.29, 1.82) is 0 Å². The molecule has 2 aromatic rings. The molecule has 0 unspecified atom stereocenters. The third-order valence-electron chi connectivity index (χ3n) is 3.20. The predicted octanol–water partition coefficient (Wildman–Crippen LogP) is 3.68. The Balaban J connectivity index is 2.66. The summed E-state index contributed by atoms with van der Waals surface area (Å²) in [6.45, 7) is 5.64. The van der Waals surface area contributed by atoms with Gasteiger partial charge >= 0.3 is 0 Å². The molecule has 0 spiro atoms. The van der Waals surface area contributed by atoms with Crippen LogP contribution < -0.4 is 0 Å². The lowest BCUT2D eigenvalue weighted by molar-refractivity contribution is -0.106. The number of aryl methyl sites for hydroxylation is 2. The van der Waals surface area contributed by atoms with Crippen LogP contribution in [0.15, 0.2) is 24.0 Å². The number of hydrogen-bond acceptors (Lipinski definition) is 1. The molecule has 0 aliphatic rings. The number of aromatic nitrogens is 1. The number of aldehydes is 1. The molecule has 0 saturated heterocycles. The zero-order chi connectivity index (χ0) is 12.6. The van der Waals surface area contributed by atoms with Gasteiger partial charge in [-0.25, -0.2) is 4.39 Å². The minimum Gasteiger partial charge on any atom is -0.358 e. The van der Waals surface area contributed by atoms with Crippen LogP contribution in [0.3, 0.4) is 0 Å². The van der Waals surface area contributed by atoms with E-state index in [0.717, 1.165) is 27.7 Å². The number of fused-ring (bicyclic) bond motifs is 1. The molecule has 1 aromatic carbocycles. The predicted molar refractivity (Wildman–Crippen MR) is 67.5 cm³/mol. The lowest BCUT2D eigenvalue weighted by Crippen LogP contribution is -1.85. The number of aromatic amines is 1. The highest BCUT2D eigenvalue weighted by Gasteiger charge is 2.08. The van der Waals surface area contributed by atoms with Crippen LogP contribution >= 0.6 is 0 Å². The van der Waals surface area contributed by atoms with Crippen molar-refractivity contribution in [2.75, 3.05) is 0 Å². The first-order valence-corrected chi connectivity index (χ1v) is 5.45. The van der Waals surface area contributed by atoms with E-state index in [1.165, 1.54) is 0 Å². The maximum absolute atomic E-state index is 13.2. The normalized spacial score (nSPS) is 12.7. The Morgan fingerprint density at radius 1 is 1.35 bits per heavy atom. The van der Waals surface area contributed by atoms with Crippen molar-refractivity contribution >= 4 is 22.8 Å². The van der Waals surface area contributed by atoms with Crippen molar-refractivity contribution in [3.63, 3.8) is 0 Å². The van der Waals surface area contributed by atoms with Gasteiger partial charge in [-0.15, -0.1) is 0 Å². The van der Waals surface area contributed by atoms with E-state index in [4.69, 9.17) is 0 Å². The Kier molecular flexibility index (Phi) is 2.84. The monoisotopic (exact) mass is 231 g/mol. The second-order valence-corrected chi connectivity index (χ2v) is 4.23. The number of carbonyl (C=O) groups is 1. The third-order valence-corrected chi connectivity index (χ3v) is 3.20. The Morgan fingerprint density at radius 2 is 2.06 bits per heavy atom. The average Bonchev–Trinajstić information content (AvgIpc) is 2.63. The second kappa shape index (κ2) is 4.17. The summed E-state index contributed by atoms with van der Waals surface area (Å²) in [4.78, 5) is 13.7. The van der Waals surface area contributed by atoms with Gasteiger partial charge in [0.15, 0.2) is 12.1 Å². The molecule has 1 heterocycles. The summed E-state index contributed by atoms with van der Waals surface area (Å²) in [6, 6.07) is 5.63. The SMILES string of the molecule is C/C(=C(\F)C=O)c1ccc2[nH]c(C)c(C)c2c1. The molecule has 0 saturated carbocycles. The van der Waals surface area contributed by atoms with Crippen molar-refractivity contribution in [3.8, 4) is 0 Å². The summed E-state index contributed by atoms with van der Waals surface area (Å²) < 4.78 is 13.2. The highest BCUT2D eigenvalue weighted by atomic mass is 19.1. The van der Waals surface area contributed by atoms with Crippen molar-refractivity contribution < 1.29 is 9.18 Å². The Bertz CT molecular complexity index is 622. The second-order valence-electron chi connectivity index (χ2n) is 4.23. The number of H-pyrrole nitrogens is 1. The molecule has 1 aromatic heterocycles. The van der Waals surface area contributed by atoms with Crippen LogP contribution in [0.4, 0.5) is 4.39 Å². The van der Waals surface area contributed by atoms with Gasteiger partial charge in [-0.3, -0.25) is 4.79 Å². The van der Waals surface area contributed by atoms with Crippen LogP contribution in [0.5, 0.6) is 0 Å². The average molecular weight is 231 g/mol. The molecule has 0 aliphatic carbocycles. The molecule has 17 heavy (non-hydrogen) atoms. The van der Waals surface area contributed by atoms with Crippen LogP contribution in [-0.4, -0.2) is 11.3 Å². The zero-order valence-corrected chi connectivity index (χ0v) is 10.1. The molecule has 3 heteroatoms. The van der Waals surface area contributed by atoms with Gasteiger partial charge in [-0.2, -0.15) is 0 Å². The highest BCUT2D eigenvalue weighted by molar-refractivity contribution is 5.91. The maximum Gasteiger partial charge on any atom is 0.178 e. The van der Waals surface area contributed by atoms with Gasteiger partial charge in [0.2, 0.25) is 0 Å². The fraction of sp³-hybridized carbons (Fsp3) is 0.214. The van der Waals surface area contributed by atoms with E-state index in [1.54, 1.807) is 6.92 Å². The number of rotatable bonds is 2. The first-order valence-electron chi connectivity index (χ1n) is 5.45. The van der Waals surface area contributed by atoms with Crippen LogP contribution in [0.25, 0.3) is 16.5 Å². The molecule has 0 aliphatic heterocycles. The van der Waals surface area contributed by atoms with Crippen LogP contribution in [-0.2, 0) is 4.79 Å². The summed E-state index contributed by atoms with van der Waals surface area (Å²) in [6.07, 6.45) is 0.245. The fourth-order valence-corrected chi connectivity index (χ4v) is 1.92. The lowest BCUT2D eigenvalue weighted by atomic mass is 10.0. The van der Waals surface area contributed by atoms with E-state index in [-0.39, 0.29) is 6.29 Å². The minimum atomic E-state index is -0.714.